The number of rotatable bonds is 9. The molecule has 0 aliphatic rings. The van der Waals surface area contributed by atoms with Crippen molar-refractivity contribution >= 4 is 33.6 Å². The molecule has 0 saturated carbocycles. The molecule has 25 heavy (non-hydrogen) atoms. The number of halogens is 1. The first kappa shape index (κ1) is 21.2. The molecule has 0 aromatic heterocycles. The van der Waals surface area contributed by atoms with Crippen LogP contribution in [0.3, 0.4) is 0 Å². The molecule has 1 aromatic rings. The van der Waals surface area contributed by atoms with Crippen molar-refractivity contribution in [1.82, 2.24) is 4.72 Å². The van der Waals surface area contributed by atoms with Gasteiger partial charge in [-0.15, -0.1) is 0 Å². The Kier molecular flexibility index (Phi) is 7.65. The maximum absolute atomic E-state index is 12.6. The Hall–Kier alpha value is -1.84. The van der Waals surface area contributed by atoms with Crippen LogP contribution in [0.1, 0.15) is 36.5 Å². The topological polar surface area (TPSA) is 119 Å². The largest absolute Gasteiger partial charge is 0.494 e. The van der Waals surface area contributed by atoms with Gasteiger partial charge >= 0.3 is 11.9 Å². The highest BCUT2D eigenvalue weighted by Crippen LogP contribution is 2.32. The number of aliphatic carboxylic acids is 1. The van der Waals surface area contributed by atoms with E-state index in [9.17, 15) is 23.1 Å². The molecule has 0 heterocycles. The zero-order chi connectivity index (χ0) is 19.2. The Bertz CT molecular complexity index is 748. The van der Waals surface area contributed by atoms with E-state index in [4.69, 9.17) is 16.3 Å². The van der Waals surface area contributed by atoms with Crippen molar-refractivity contribution in [2.24, 2.45) is 0 Å². The Morgan fingerprint density at radius 2 is 1.96 bits per heavy atom. The molecule has 0 aliphatic heterocycles. The molecule has 1 aromatic carbocycles. The number of benzene rings is 1. The summed E-state index contributed by atoms with van der Waals surface area (Å²) in [6, 6.07) is 0.973. The first-order chi connectivity index (χ1) is 11.7. The van der Waals surface area contributed by atoms with Gasteiger partial charge in [0.15, 0.2) is 5.75 Å². The maximum atomic E-state index is 12.6. The summed E-state index contributed by atoms with van der Waals surface area (Å²) in [6.07, 6.45) is 1.36. The molecule has 1 atom stereocenters. The van der Waals surface area contributed by atoms with Crippen LogP contribution in [-0.2, 0) is 19.6 Å². The molecule has 0 saturated heterocycles. The van der Waals surface area contributed by atoms with Crippen LogP contribution in [0.5, 0.6) is 5.75 Å². The molecule has 0 unspecified atom stereocenters. The van der Waals surface area contributed by atoms with Gasteiger partial charge in [-0.25, -0.2) is 13.2 Å². The molecule has 2 N–H and O–H groups in total. The quantitative estimate of drug-likeness (QED) is 0.616. The standard InChI is InChI=1S/C15H20ClNO7S/c1-4-5-6-11(14(18)19)17-25(21,22)12-8-9(16)7-10(13(12)23-2)15(20)24-3/h7-8,11,17H,4-6H2,1-3H3,(H,18,19)/t11-/m0/s1. The van der Waals surface area contributed by atoms with E-state index < -0.39 is 32.9 Å². The lowest BCUT2D eigenvalue weighted by Gasteiger charge is -2.17. The van der Waals surface area contributed by atoms with Crippen LogP contribution >= 0.6 is 11.6 Å². The van der Waals surface area contributed by atoms with Crippen LogP contribution in [0.4, 0.5) is 0 Å². The van der Waals surface area contributed by atoms with Crippen LogP contribution in [0.2, 0.25) is 5.02 Å². The minimum absolute atomic E-state index is 0.0398. The summed E-state index contributed by atoms with van der Waals surface area (Å²) < 4.78 is 37.0. The fraction of sp³-hybridized carbons (Fsp3) is 0.467. The monoisotopic (exact) mass is 393 g/mol. The third-order valence-corrected chi connectivity index (χ3v) is 5.06. The van der Waals surface area contributed by atoms with E-state index in [1.165, 1.54) is 13.2 Å². The molecule has 0 fully saturated rings. The SMILES string of the molecule is CCCC[C@H](NS(=O)(=O)c1cc(Cl)cc(C(=O)OC)c1OC)C(=O)O. The van der Waals surface area contributed by atoms with Gasteiger partial charge in [-0.05, 0) is 18.6 Å². The van der Waals surface area contributed by atoms with E-state index in [2.05, 4.69) is 9.46 Å². The number of carbonyl (C=O) groups is 2. The third kappa shape index (κ3) is 5.32. The molecule has 10 heteroatoms. The van der Waals surface area contributed by atoms with Gasteiger partial charge in [-0.1, -0.05) is 31.4 Å². The second-order valence-corrected chi connectivity index (χ2v) is 7.25. The highest BCUT2D eigenvalue weighted by molar-refractivity contribution is 7.89. The Morgan fingerprint density at radius 1 is 1.32 bits per heavy atom. The highest BCUT2D eigenvalue weighted by atomic mass is 35.5. The van der Waals surface area contributed by atoms with Crippen molar-refractivity contribution in [2.75, 3.05) is 14.2 Å². The molecule has 140 valence electrons. The molecule has 0 spiro atoms. The van der Waals surface area contributed by atoms with Gasteiger partial charge < -0.3 is 14.6 Å². The summed E-state index contributed by atoms with van der Waals surface area (Å²) >= 11 is 5.90. The number of carboxylic acid groups (broad SMARTS) is 1. The number of carboxylic acids is 1. The van der Waals surface area contributed by atoms with E-state index in [-0.39, 0.29) is 22.8 Å². The van der Waals surface area contributed by atoms with E-state index in [0.29, 0.717) is 12.8 Å². The van der Waals surface area contributed by atoms with Crippen molar-refractivity contribution in [2.45, 2.75) is 37.1 Å². The number of esters is 1. The fourth-order valence-electron chi connectivity index (χ4n) is 2.13. The van der Waals surface area contributed by atoms with Crippen molar-refractivity contribution in [1.29, 1.82) is 0 Å². The van der Waals surface area contributed by atoms with Gasteiger partial charge in [0.05, 0.1) is 14.2 Å². The number of hydrogen-bond acceptors (Lipinski definition) is 6. The molecule has 8 nitrogen and oxygen atoms in total. The number of carbonyl (C=O) groups excluding carboxylic acids is 1. The van der Waals surface area contributed by atoms with E-state index in [0.717, 1.165) is 13.2 Å². The van der Waals surface area contributed by atoms with Crippen LogP contribution < -0.4 is 9.46 Å². The molecular weight excluding hydrogens is 374 g/mol. The summed E-state index contributed by atoms with van der Waals surface area (Å²) in [6.45, 7) is 1.86. The fourth-order valence-corrected chi connectivity index (χ4v) is 3.85. The van der Waals surface area contributed by atoms with Gasteiger partial charge in [0.25, 0.3) is 0 Å². The summed E-state index contributed by atoms with van der Waals surface area (Å²) in [5, 5.41) is 9.17. The van der Waals surface area contributed by atoms with Crippen molar-refractivity contribution in [3.8, 4) is 5.75 Å². The maximum Gasteiger partial charge on any atom is 0.341 e. The van der Waals surface area contributed by atoms with Crippen molar-refractivity contribution in [3.63, 3.8) is 0 Å². The smallest absolute Gasteiger partial charge is 0.341 e. The number of methoxy groups -OCH3 is 2. The average molecular weight is 394 g/mol. The molecular formula is C15H20ClNO7S. The molecule has 0 amide bonds. The first-order valence-electron chi connectivity index (χ1n) is 7.38. The number of sulfonamides is 1. The minimum Gasteiger partial charge on any atom is -0.494 e. The van der Waals surface area contributed by atoms with Gasteiger partial charge in [-0.2, -0.15) is 4.72 Å². The first-order valence-corrected chi connectivity index (χ1v) is 9.25. The van der Waals surface area contributed by atoms with Gasteiger partial charge in [0.1, 0.15) is 16.5 Å². The molecule has 1 rings (SSSR count). The highest BCUT2D eigenvalue weighted by Gasteiger charge is 2.30. The minimum atomic E-state index is -4.31. The Morgan fingerprint density at radius 3 is 2.44 bits per heavy atom. The van der Waals surface area contributed by atoms with Gasteiger partial charge in [0, 0.05) is 5.02 Å². The van der Waals surface area contributed by atoms with Gasteiger partial charge in [0.2, 0.25) is 10.0 Å². The Balaban J connectivity index is 3.39. The third-order valence-electron chi connectivity index (χ3n) is 3.36. The molecule has 0 bridgehead atoms. The van der Waals surface area contributed by atoms with E-state index in [1.807, 2.05) is 6.92 Å². The number of unbranched alkanes of at least 4 members (excludes halogenated alkanes) is 1. The number of nitrogens with one attached hydrogen (secondary N) is 1. The van der Waals surface area contributed by atoms with Crippen LogP contribution in [0.25, 0.3) is 0 Å². The summed E-state index contributed by atoms with van der Waals surface area (Å²) in [5.74, 6) is -2.41. The molecule has 0 aliphatic carbocycles. The molecule has 0 radical (unpaired) electrons. The van der Waals surface area contributed by atoms with E-state index >= 15 is 0 Å². The second-order valence-electron chi connectivity index (χ2n) is 5.13. The number of hydrogen-bond donors (Lipinski definition) is 2. The lowest BCUT2D eigenvalue weighted by molar-refractivity contribution is -0.139. The van der Waals surface area contributed by atoms with Crippen LogP contribution in [0.15, 0.2) is 17.0 Å². The average Bonchev–Trinajstić information content (AvgIpc) is 2.56. The predicted octanol–water partition coefficient (Wildman–Crippen LogP) is 2.06. The van der Waals surface area contributed by atoms with E-state index in [1.54, 1.807) is 0 Å². The van der Waals surface area contributed by atoms with Crippen LogP contribution in [-0.4, -0.2) is 45.7 Å². The Labute approximate surface area is 151 Å². The van der Waals surface area contributed by atoms with Crippen molar-refractivity contribution in [3.05, 3.63) is 22.7 Å². The lowest BCUT2D eigenvalue weighted by Crippen LogP contribution is -2.40. The summed E-state index contributed by atoms with van der Waals surface area (Å²) in [4.78, 5) is 22.7. The second kappa shape index (κ2) is 9.02. The zero-order valence-electron chi connectivity index (χ0n) is 14.0. The normalized spacial score (nSPS) is 12.5. The van der Waals surface area contributed by atoms with Crippen molar-refractivity contribution < 1.29 is 32.6 Å². The van der Waals surface area contributed by atoms with Gasteiger partial charge in [-0.3, -0.25) is 4.79 Å². The summed E-state index contributed by atoms with van der Waals surface area (Å²) in [5.41, 5.74) is -0.182. The zero-order valence-corrected chi connectivity index (χ0v) is 15.6. The lowest BCUT2D eigenvalue weighted by atomic mass is 10.1. The summed E-state index contributed by atoms with van der Waals surface area (Å²) in [7, 11) is -2.01. The van der Waals surface area contributed by atoms with Crippen LogP contribution in [0, 0.1) is 0 Å². The predicted molar refractivity (Wildman–Crippen MR) is 90.6 cm³/mol. The number of ether oxygens (including phenoxy) is 2.